The van der Waals surface area contributed by atoms with Gasteiger partial charge in [0.15, 0.2) is 0 Å². The van der Waals surface area contributed by atoms with Crippen LogP contribution in [0, 0.1) is 0 Å². The van der Waals surface area contributed by atoms with Gasteiger partial charge in [-0.1, -0.05) is 23.7 Å². The summed E-state index contributed by atoms with van der Waals surface area (Å²) in [4.78, 5) is 0. The summed E-state index contributed by atoms with van der Waals surface area (Å²) in [6.45, 7) is 0.449. The molecule has 0 fully saturated rings. The molecule has 0 spiro atoms. The van der Waals surface area contributed by atoms with Gasteiger partial charge in [-0.25, -0.2) is 0 Å². The third-order valence-corrected chi connectivity index (χ3v) is 2.41. The van der Waals surface area contributed by atoms with Gasteiger partial charge in [0, 0.05) is 18.2 Å². The highest BCUT2D eigenvalue weighted by molar-refractivity contribution is 6.30. The lowest BCUT2D eigenvalue weighted by molar-refractivity contribution is 0.122. The third-order valence-electron chi connectivity index (χ3n) is 2.16. The average Bonchev–Trinajstić information content (AvgIpc) is 2.18. The molecule has 0 aromatic heterocycles. The third kappa shape index (κ3) is 4.18. The Labute approximate surface area is 94.8 Å². The molecule has 0 heterocycles. The number of nitrogens with two attached hydrogens (primary N) is 1. The first kappa shape index (κ1) is 12.5. The van der Waals surface area contributed by atoms with Crippen LogP contribution in [0.2, 0.25) is 5.02 Å². The number of ether oxygens (including phenoxy) is 1. The molecule has 0 bridgehead atoms. The molecule has 2 unspecified atom stereocenters. The van der Waals surface area contributed by atoms with E-state index in [-0.39, 0.29) is 6.04 Å². The number of rotatable bonds is 5. The number of aliphatic hydroxyl groups is 1. The fourth-order valence-corrected chi connectivity index (χ4v) is 1.52. The van der Waals surface area contributed by atoms with Crippen molar-refractivity contribution in [1.29, 1.82) is 0 Å². The molecule has 1 aromatic rings. The summed E-state index contributed by atoms with van der Waals surface area (Å²) in [5, 5.41) is 10.5. The topological polar surface area (TPSA) is 55.5 Å². The highest BCUT2D eigenvalue weighted by Gasteiger charge is 2.12. The van der Waals surface area contributed by atoms with Crippen molar-refractivity contribution >= 4 is 11.6 Å². The molecule has 1 aromatic carbocycles. The first-order chi connectivity index (χ1) is 7.13. The van der Waals surface area contributed by atoms with Crippen LogP contribution in [0.5, 0.6) is 0 Å². The van der Waals surface area contributed by atoms with Crippen molar-refractivity contribution in [1.82, 2.24) is 0 Å². The van der Waals surface area contributed by atoms with Gasteiger partial charge in [-0.3, -0.25) is 0 Å². The number of benzene rings is 1. The minimum absolute atomic E-state index is 0.152. The summed E-state index contributed by atoms with van der Waals surface area (Å²) in [5.74, 6) is 0. The van der Waals surface area contributed by atoms with Crippen LogP contribution in [-0.4, -0.2) is 24.9 Å². The first-order valence-corrected chi connectivity index (χ1v) is 5.19. The lowest BCUT2D eigenvalue weighted by atomic mass is 10.0. The van der Waals surface area contributed by atoms with Crippen molar-refractivity contribution in [3.05, 3.63) is 34.9 Å². The lowest BCUT2D eigenvalue weighted by Gasteiger charge is -2.16. The summed E-state index contributed by atoms with van der Waals surface area (Å²) in [7, 11) is 1.59. The van der Waals surface area contributed by atoms with Crippen LogP contribution in [0.1, 0.15) is 18.1 Å². The van der Waals surface area contributed by atoms with Gasteiger partial charge in [0.2, 0.25) is 0 Å². The van der Waals surface area contributed by atoms with E-state index >= 15 is 0 Å². The van der Waals surface area contributed by atoms with Crippen molar-refractivity contribution in [3.8, 4) is 0 Å². The van der Waals surface area contributed by atoms with Crippen LogP contribution in [0.25, 0.3) is 0 Å². The second-order valence-electron chi connectivity index (χ2n) is 3.52. The number of halogens is 1. The number of hydrogen-bond acceptors (Lipinski definition) is 3. The van der Waals surface area contributed by atoms with Gasteiger partial charge in [0.1, 0.15) is 0 Å². The Hall–Kier alpha value is -0.610. The maximum Gasteiger partial charge on any atom is 0.0805 e. The van der Waals surface area contributed by atoms with Gasteiger partial charge in [-0.05, 0) is 24.1 Å². The fraction of sp³-hybridized carbons (Fsp3) is 0.455. The summed E-state index contributed by atoms with van der Waals surface area (Å²) >= 11 is 5.75. The predicted octanol–water partition coefficient (Wildman–Crippen LogP) is 1.74. The zero-order chi connectivity index (χ0) is 11.3. The average molecular weight is 230 g/mol. The summed E-state index contributed by atoms with van der Waals surface area (Å²) in [5.41, 5.74) is 6.57. The summed E-state index contributed by atoms with van der Waals surface area (Å²) in [6.07, 6.45) is -0.0810. The minimum atomic E-state index is -0.563. The molecule has 0 radical (unpaired) electrons. The Morgan fingerprint density at radius 3 is 2.53 bits per heavy atom. The Morgan fingerprint density at radius 2 is 2.00 bits per heavy atom. The summed E-state index contributed by atoms with van der Waals surface area (Å²) < 4.78 is 4.90. The van der Waals surface area contributed by atoms with Gasteiger partial charge in [0.25, 0.3) is 0 Å². The molecule has 0 saturated heterocycles. The SMILES string of the molecule is COCC(N)CC(O)c1ccc(Cl)cc1. The van der Waals surface area contributed by atoms with Gasteiger partial charge < -0.3 is 15.6 Å². The molecule has 0 aliphatic carbocycles. The standard InChI is InChI=1S/C11H16ClNO2/c1-15-7-10(13)6-11(14)8-2-4-9(12)5-3-8/h2-5,10-11,14H,6-7,13H2,1H3. The van der Waals surface area contributed by atoms with E-state index in [9.17, 15) is 5.11 Å². The Morgan fingerprint density at radius 1 is 1.40 bits per heavy atom. The monoisotopic (exact) mass is 229 g/mol. The molecule has 3 nitrogen and oxygen atoms in total. The van der Waals surface area contributed by atoms with Crippen LogP contribution < -0.4 is 5.73 Å². The molecule has 15 heavy (non-hydrogen) atoms. The van der Waals surface area contributed by atoms with E-state index in [2.05, 4.69) is 0 Å². The molecule has 0 aliphatic rings. The van der Waals surface area contributed by atoms with E-state index in [1.807, 2.05) is 0 Å². The van der Waals surface area contributed by atoms with Crippen molar-refractivity contribution in [2.45, 2.75) is 18.6 Å². The van der Waals surface area contributed by atoms with Gasteiger partial charge in [-0.2, -0.15) is 0 Å². The van der Waals surface area contributed by atoms with Crippen LogP contribution in [0.15, 0.2) is 24.3 Å². The highest BCUT2D eigenvalue weighted by Crippen LogP contribution is 2.19. The smallest absolute Gasteiger partial charge is 0.0805 e. The van der Waals surface area contributed by atoms with Gasteiger partial charge >= 0.3 is 0 Å². The number of hydrogen-bond donors (Lipinski definition) is 2. The van der Waals surface area contributed by atoms with E-state index in [1.165, 1.54) is 0 Å². The molecular formula is C11H16ClNO2. The zero-order valence-electron chi connectivity index (χ0n) is 8.69. The van der Waals surface area contributed by atoms with Gasteiger partial charge in [-0.15, -0.1) is 0 Å². The predicted molar refractivity (Wildman–Crippen MR) is 60.9 cm³/mol. The van der Waals surface area contributed by atoms with Crippen molar-refractivity contribution in [3.63, 3.8) is 0 Å². The Bertz CT molecular complexity index is 289. The molecule has 1 rings (SSSR count). The Balaban J connectivity index is 2.53. The Kier molecular flexibility index (Phi) is 5.05. The normalized spacial score (nSPS) is 14.9. The number of methoxy groups -OCH3 is 1. The van der Waals surface area contributed by atoms with Crippen molar-refractivity contribution < 1.29 is 9.84 Å². The molecule has 4 heteroatoms. The largest absolute Gasteiger partial charge is 0.388 e. The van der Waals surface area contributed by atoms with E-state index in [4.69, 9.17) is 22.1 Å². The van der Waals surface area contributed by atoms with E-state index in [0.717, 1.165) is 5.56 Å². The molecule has 2 atom stereocenters. The second-order valence-corrected chi connectivity index (χ2v) is 3.95. The van der Waals surface area contributed by atoms with Gasteiger partial charge in [0.05, 0.1) is 12.7 Å². The van der Waals surface area contributed by atoms with E-state index in [0.29, 0.717) is 18.1 Å². The first-order valence-electron chi connectivity index (χ1n) is 4.81. The maximum atomic E-state index is 9.83. The second kappa shape index (κ2) is 6.08. The van der Waals surface area contributed by atoms with Crippen LogP contribution >= 0.6 is 11.6 Å². The van der Waals surface area contributed by atoms with Crippen LogP contribution in [-0.2, 0) is 4.74 Å². The molecule has 0 amide bonds. The fourth-order valence-electron chi connectivity index (χ4n) is 1.39. The maximum absolute atomic E-state index is 9.83. The molecule has 3 N–H and O–H groups in total. The zero-order valence-corrected chi connectivity index (χ0v) is 9.45. The van der Waals surface area contributed by atoms with E-state index < -0.39 is 6.10 Å². The van der Waals surface area contributed by atoms with Crippen LogP contribution in [0.3, 0.4) is 0 Å². The van der Waals surface area contributed by atoms with Crippen LogP contribution in [0.4, 0.5) is 0 Å². The van der Waals surface area contributed by atoms with Crippen molar-refractivity contribution in [2.75, 3.05) is 13.7 Å². The lowest BCUT2D eigenvalue weighted by Crippen LogP contribution is -2.27. The van der Waals surface area contributed by atoms with Crippen molar-refractivity contribution in [2.24, 2.45) is 5.73 Å². The minimum Gasteiger partial charge on any atom is -0.388 e. The molecule has 0 saturated carbocycles. The highest BCUT2D eigenvalue weighted by atomic mass is 35.5. The number of aliphatic hydroxyl groups excluding tert-OH is 1. The molecule has 0 aliphatic heterocycles. The van der Waals surface area contributed by atoms with E-state index in [1.54, 1.807) is 31.4 Å². The molecule has 84 valence electrons. The molecular weight excluding hydrogens is 214 g/mol. The quantitative estimate of drug-likeness (QED) is 0.809. The summed E-state index contributed by atoms with van der Waals surface area (Å²) in [6, 6.07) is 6.95.